The first-order chi connectivity index (χ1) is 11.4. The van der Waals surface area contributed by atoms with E-state index in [2.05, 4.69) is 10.3 Å². The molecule has 128 valence electrons. The average molecular weight is 371 g/mol. The molecule has 2 atom stereocenters. The van der Waals surface area contributed by atoms with Gasteiger partial charge in [-0.15, -0.1) is 0 Å². The highest BCUT2D eigenvalue weighted by Gasteiger charge is 2.22. The smallest absolute Gasteiger partial charge is 0.261 e. The second kappa shape index (κ2) is 8.31. The molecular weight excluding hydrogens is 354 g/mol. The lowest BCUT2D eigenvalue weighted by Gasteiger charge is -2.20. The summed E-state index contributed by atoms with van der Waals surface area (Å²) in [6.45, 7) is 3.63. The standard InChI is InChI=1S/C17H17Cl2FN2O2/c1-3-15(24-17-14(19)8-12(18)9-21-17)16(23)22-10(2)11-4-6-13(20)7-5-11/h4-10,15H,3H2,1-2H3,(H,22,23). The predicted octanol–water partition coefficient (Wildman–Crippen LogP) is 4.56. The number of carbonyl (C=O) groups is 1. The van der Waals surface area contributed by atoms with Crippen molar-refractivity contribution in [2.75, 3.05) is 0 Å². The number of halogens is 3. The van der Waals surface area contributed by atoms with Gasteiger partial charge >= 0.3 is 0 Å². The first-order valence-electron chi connectivity index (χ1n) is 7.44. The first kappa shape index (κ1) is 18.5. The topological polar surface area (TPSA) is 51.2 Å². The molecule has 1 aromatic heterocycles. The zero-order chi connectivity index (χ0) is 17.7. The summed E-state index contributed by atoms with van der Waals surface area (Å²) < 4.78 is 18.6. The van der Waals surface area contributed by atoms with Gasteiger partial charge in [0, 0.05) is 6.20 Å². The van der Waals surface area contributed by atoms with E-state index in [4.69, 9.17) is 27.9 Å². The number of ether oxygens (including phenoxy) is 1. The summed E-state index contributed by atoms with van der Waals surface area (Å²) >= 11 is 11.8. The number of carbonyl (C=O) groups excluding carboxylic acids is 1. The number of hydrogen-bond acceptors (Lipinski definition) is 3. The molecule has 1 amide bonds. The van der Waals surface area contributed by atoms with E-state index in [-0.39, 0.29) is 28.7 Å². The van der Waals surface area contributed by atoms with Crippen molar-refractivity contribution in [3.63, 3.8) is 0 Å². The van der Waals surface area contributed by atoms with Gasteiger partial charge in [0.05, 0.1) is 11.1 Å². The van der Waals surface area contributed by atoms with Gasteiger partial charge in [-0.2, -0.15) is 0 Å². The van der Waals surface area contributed by atoms with Crippen molar-refractivity contribution in [1.82, 2.24) is 10.3 Å². The van der Waals surface area contributed by atoms with E-state index in [1.807, 2.05) is 13.8 Å². The molecule has 2 aromatic rings. The highest BCUT2D eigenvalue weighted by Crippen LogP contribution is 2.26. The maximum absolute atomic E-state index is 13.0. The fraction of sp³-hybridized carbons (Fsp3) is 0.294. The van der Waals surface area contributed by atoms with Crippen LogP contribution in [0.15, 0.2) is 36.5 Å². The highest BCUT2D eigenvalue weighted by molar-refractivity contribution is 6.35. The molecule has 0 bridgehead atoms. The summed E-state index contributed by atoms with van der Waals surface area (Å²) in [4.78, 5) is 16.4. The maximum atomic E-state index is 13.0. The Morgan fingerprint density at radius 2 is 2.00 bits per heavy atom. The Balaban J connectivity index is 2.04. The van der Waals surface area contributed by atoms with Crippen LogP contribution in [0, 0.1) is 5.82 Å². The Morgan fingerprint density at radius 1 is 1.33 bits per heavy atom. The summed E-state index contributed by atoms with van der Waals surface area (Å²) in [5, 5.41) is 3.45. The average Bonchev–Trinajstić information content (AvgIpc) is 2.54. The van der Waals surface area contributed by atoms with E-state index >= 15 is 0 Å². The fourth-order valence-electron chi connectivity index (χ4n) is 2.09. The summed E-state index contributed by atoms with van der Waals surface area (Å²) in [6.07, 6.45) is 1.08. The Morgan fingerprint density at radius 3 is 2.58 bits per heavy atom. The van der Waals surface area contributed by atoms with Gasteiger partial charge in [-0.1, -0.05) is 42.3 Å². The van der Waals surface area contributed by atoms with Crippen molar-refractivity contribution in [3.05, 3.63) is 58.0 Å². The zero-order valence-corrected chi connectivity index (χ0v) is 14.7. The quantitative estimate of drug-likeness (QED) is 0.810. The van der Waals surface area contributed by atoms with Gasteiger partial charge in [-0.25, -0.2) is 9.37 Å². The number of rotatable bonds is 6. The third-order valence-electron chi connectivity index (χ3n) is 3.42. The van der Waals surface area contributed by atoms with E-state index in [9.17, 15) is 9.18 Å². The van der Waals surface area contributed by atoms with Crippen LogP contribution in [0.1, 0.15) is 31.9 Å². The molecule has 0 aliphatic carbocycles. The van der Waals surface area contributed by atoms with Crippen LogP contribution in [-0.4, -0.2) is 17.0 Å². The lowest BCUT2D eigenvalue weighted by molar-refractivity contribution is -0.128. The lowest BCUT2D eigenvalue weighted by Crippen LogP contribution is -2.39. The molecule has 24 heavy (non-hydrogen) atoms. The van der Waals surface area contributed by atoms with Crippen LogP contribution in [-0.2, 0) is 4.79 Å². The van der Waals surface area contributed by atoms with E-state index in [0.717, 1.165) is 5.56 Å². The van der Waals surface area contributed by atoms with Crippen LogP contribution in [0.3, 0.4) is 0 Å². The minimum absolute atomic E-state index is 0.150. The van der Waals surface area contributed by atoms with Gasteiger partial charge in [-0.3, -0.25) is 4.79 Å². The maximum Gasteiger partial charge on any atom is 0.261 e. The minimum atomic E-state index is -0.751. The summed E-state index contributed by atoms with van der Waals surface area (Å²) in [5.41, 5.74) is 0.794. The van der Waals surface area contributed by atoms with Gasteiger partial charge in [-0.05, 0) is 37.1 Å². The van der Waals surface area contributed by atoms with Crippen molar-refractivity contribution < 1.29 is 13.9 Å². The van der Waals surface area contributed by atoms with E-state index < -0.39 is 6.10 Å². The first-order valence-corrected chi connectivity index (χ1v) is 8.19. The Hall–Kier alpha value is -1.85. The number of nitrogens with one attached hydrogen (secondary N) is 1. The van der Waals surface area contributed by atoms with Crippen LogP contribution in [0.5, 0.6) is 5.88 Å². The molecule has 1 heterocycles. The number of nitrogens with zero attached hydrogens (tertiary/aromatic N) is 1. The van der Waals surface area contributed by atoms with Crippen LogP contribution in [0.25, 0.3) is 0 Å². The molecule has 0 saturated heterocycles. The molecule has 0 spiro atoms. The lowest BCUT2D eigenvalue weighted by atomic mass is 10.1. The summed E-state index contributed by atoms with van der Waals surface area (Å²) in [5.74, 6) is -0.477. The van der Waals surface area contributed by atoms with Gasteiger partial charge < -0.3 is 10.1 Å². The van der Waals surface area contributed by atoms with E-state index in [1.165, 1.54) is 24.4 Å². The summed E-state index contributed by atoms with van der Waals surface area (Å²) in [6, 6.07) is 7.16. The summed E-state index contributed by atoms with van der Waals surface area (Å²) in [7, 11) is 0. The largest absolute Gasteiger partial charge is 0.463 e. The highest BCUT2D eigenvalue weighted by atomic mass is 35.5. The molecule has 4 nitrogen and oxygen atoms in total. The molecule has 0 fully saturated rings. The van der Waals surface area contributed by atoms with Gasteiger partial charge in [0.2, 0.25) is 5.88 Å². The molecule has 0 radical (unpaired) electrons. The fourth-order valence-corrected chi connectivity index (χ4v) is 2.51. The van der Waals surface area contributed by atoms with Gasteiger partial charge in [0.25, 0.3) is 5.91 Å². The van der Waals surface area contributed by atoms with Crippen molar-refractivity contribution >= 4 is 29.1 Å². The van der Waals surface area contributed by atoms with Crippen LogP contribution in [0.2, 0.25) is 10.0 Å². The van der Waals surface area contributed by atoms with Crippen LogP contribution < -0.4 is 10.1 Å². The third kappa shape index (κ3) is 4.82. The number of pyridine rings is 1. The van der Waals surface area contributed by atoms with Gasteiger partial charge in [0.15, 0.2) is 6.10 Å². The molecule has 1 N–H and O–H groups in total. The molecule has 7 heteroatoms. The Labute approximate surface area is 149 Å². The third-order valence-corrected chi connectivity index (χ3v) is 3.90. The zero-order valence-electron chi connectivity index (χ0n) is 13.2. The Bertz CT molecular complexity index is 710. The van der Waals surface area contributed by atoms with E-state index in [0.29, 0.717) is 11.4 Å². The normalized spacial score (nSPS) is 13.2. The van der Waals surface area contributed by atoms with Crippen molar-refractivity contribution in [1.29, 1.82) is 0 Å². The van der Waals surface area contributed by atoms with Crippen LogP contribution >= 0.6 is 23.2 Å². The number of benzene rings is 1. The molecule has 1 aromatic carbocycles. The van der Waals surface area contributed by atoms with Gasteiger partial charge in [0.1, 0.15) is 10.8 Å². The molecule has 2 unspecified atom stereocenters. The number of hydrogen-bond donors (Lipinski definition) is 1. The minimum Gasteiger partial charge on any atom is -0.463 e. The van der Waals surface area contributed by atoms with Crippen LogP contribution in [0.4, 0.5) is 4.39 Å². The monoisotopic (exact) mass is 370 g/mol. The van der Waals surface area contributed by atoms with Crippen molar-refractivity contribution in [2.24, 2.45) is 0 Å². The molecule has 0 aliphatic rings. The SMILES string of the molecule is CCC(Oc1ncc(Cl)cc1Cl)C(=O)NC(C)c1ccc(F)cc1. The number of amides is 1. The molecule has 0 aliphatic heterocycles. The predicted molar refractivity (Wildman–Crippen MR) is 91.9 cm³/mol. The van der Waals surface area contributed by atoms with E-state index in [1.54, 1.807) is 12.1 Å². The Kier molecular flexibility index (Phi) is 6.40. The molecule has 2 rings (SSSR count). The van der Waals surface area contributed by atoms with Crippen molar-refractivity contribution in [2.45, 2.75) is 32.4 Å². The second-order valence-corrected chi connectivity index (χ2v) is 6.08. The molecule has 0 saturated carbocycles. The van der Waals surface area contributed by atoms with Crippen molar-refractivity contribution in [3.8, 4) is 5.88 Å². The second-order valence-electron chi connectivity index (χ2n) is 5.24. The number of aromatic nitrogens is 1. The molecular formula is C17H17Cl2FN2O2.